The van der Waals surface area contributed by atoms with E-state index in [4.69, 9.17) is 9.84 Å². The van der Waals surface area contributed by atoms with Crippen LogP contribution in [0.5, 0.6) is 5.75 Å². The van der Waals surface area contributed by atoms with Gasteiger partial charge >= 0.3 is 5.97 Å². The number of hydrogen-bond donors (Lipinski definition) is 1. The van der Waals surface area contributed by atoms with Crippen LogP contribution < -0.4 is 4.74 Å². The molecule has 4 nitrogen and oxygen atoms in total. The lowest BCUT2D eigenvalue weighted by Gasteiger charge is -2.26. The number of nitrogens with zero attached hydrogens (tertiary/aromatic N) is 1. The van der Waals surface area contributed by atoms with Crippen molar-refractivity contribution >= 4 is 5.97 Å². The van der Waals surface area contributed by atoms with Crippen molar-refractivity contribution < 1.29 is 14.6 Å². The minimum absolute atomic E-state index is 0.0183. The van der Waals surface area contributed by atoms with Gasteiger partial charge in [0.15, 0.2) is 0 Å². The molecule has 20 heavy (non-hydrogen) atoms. The number of benzene rings is 1. The number of carbonyl (C=O) groups is 1. The summed E-state index contributed by atoms with van der Waals surface area (Å²) in [5.74, 6) is 0.110. The predicted molar refractivity (Wildman–Crippen MR) is 78.0 cm³/mol. The Hall–Kier alpha value is -1.55. The summed E-state index contributed by atoms with van der Waals surface area (Å²) in [6.07, 6.45) is 3.47. The molecule has 1 atom stereocenters. The van der Waals surface area contributed by atoms with Crippen LogP contribution in [-0.4, -0.2) is 35.7 Å². The minimum atomic E-state index is -0.742. The Bertz CT molecular complexity index is 424. The first-order valence-electron chi connectivity index (χ1n) is 7.39. The molecule has 2 rings (SSSR count). The van der Waals surface area contributed by atoms with Gasteiger partial charge in [-0.15, -0.1) is 0 Å². The second kappa shape index (κ2) is 7.29. The van der Waals surface area contributed by atoms with Crippen LogP contribution in [0.4, 0.5) is 0 Å². The largest absolute Gasteiger partial charge is 0.494 e. The summed E-state index contributed by atoms with van der Waals surface area (Å²) in [6, 6.07) is 7.86. The quantitative estimate of drug-likeness (QED) is 0.832. The third-order valence-electron chi connectivity index (χ3n) is 3.69. The van der Waals surface area contributed by atoms with E-state index in [2.05, 4.69) is 11.8 Å². The van der Waals surface area contributed by atoms with Crippen LogP contribution >= 0.6 is 0 Å². The predicted octanol–water partition coefficient (Wildman–Crippen LogP) is 3.09. The molecule has 1 aliphatic rings. The number of rotatable bonds is 7. The monoisotopic (exact) mass is 277 g/mol. The van der Waals surface area contributed by atoms with E-state index in [0.717, 1.165) is 43.7 Å². The maximum Gasteiger partial charge on any atom is 0.305 e. The van der Waals surface area contributed by atoms with Gasteiger partial charge in [0.1, 0.15) is 5.75 Å². The van der Waals surface area contributed by atoms with Gasteiger partial charge in [0.25, 0.3) is 0 Å². The molecule has 0 aliphatic carbocycles. The normalized spacial score (nSPS) is 17.1. The van der Waals surface area contributed by atoms with Gasteiger partial charge in [0.2, 0.25) is 0 Å². The summed E-state index contributed by atoms with van der Waals surface area (Å²) >= 11 is 0. The Morgan fingerprint density at radius 3 is 2.50 bits per heavy atom. The molecular weight excluding hydrogens is 254 g/mol. The van der Waals surface area contributed by atoms with Crippen LogP contribution in [0, 0.1) is 0 Å². The lowest BCUT2D eigenvalue weighted by molar-refractivity contribution is -0.138. The van der Waals surface area contributed by atoms with Crippen LogP contribution in [0.25, 0.3) is 0 Å². The zero-order chi connectivity index (χ0) is 14.4. The van der Waals surface area contributed by atoms with Crippen molar-refractivity contribution in [1.29, 1.82) is 0 Å². The third kappa shape index (κ3) is 3.97. The second-order valence-corrected chi connectivity index (χ2v) is 5.27. The molecule has 1 unspecified atom stereocenters. The smallest absolute Gasteiger partial charge is 0.305 e. The molecule has 0 spiro atoms. The fourth-order valence-corrected chi connectivity index (χ4v) is 2.68. The van der Waals surface area contributed by atoms with Crippen LogP contribution in [-0.2, 0) is 4.79 Å². The number of carboxylic acid groups (broad SMARTS) is 1. The first kappa shape index (κ1) is 14.9. The molecule has 0 amide bonds. The summed E-state index contributed by atoms with van der Waals surface area (Å²) in [6.45, 7) is 4.77. The molecule has 110 valence electrons. The zero-order valence-electron chi connectivity index (χ0n) is 12.0. The topological polar surface area (TPSA) is 49.8 Å². The molecule has 0 radical (unpaired) electrons. The van der Waals surface area contributed by atoms with Gasteiger partial charge in [-0.25, -0.2) is 0 Å². The number of hydrogen-bond acceptors (Lipinski definition) is 3. The van der Waals surface area contributed by atoms with Crippen molar-refractivity contribution in [2.24, 2.45) is 0 Å². The van der Waals surface area contributed by atoms with Crippen molar-refractivity contribution in [3.05, 3.63) is 29.8 Å². The van der Waals surface area contributed by atoms with Crippen molar-refractivity contribution in [3.8, 4) is 5.75 Å². The Morgan fingerprint density at radius 1 is 1.30 bits per heavy atom. The van der Waals surface area contributed by atoms with Gasteiger partial charge in [-0.2, -0.15) is 0 Å². The van der Waals surface area contributed by atoms with Crippen LogP contribution in [0.2, 0.25) is 0 Å². The molecule has 1 aliphatic heterocycles. The lowest BCUT2D eigenvalue weighted by atomic mass is 10.0. The Morgan fingerprint density at radius 2 is 1.95 bits per heavy atom. The zero-order valence-corrected chi connectivity index (χ0v) is 12.0. The van der Waals surface area contributed by atoms with Crippen molar-refractivity contribution in [2.75, 3.05) is 19.7 Å². The molecule has 0 saturated carbocycles. The highest BCUT2D eigenvalue weighted by molar-refractivity contribution is 5.68. The molecule has 0 bridgehead atoms. The maximum atomic E-state index is 11.1. The standard InChI is InChI=1S/C16H23NO3/c1-2-11-20-14-7-5-13(6-8-14)15(12-16(18)19)17-9-3-4-10-17/h5-8,15H,2-4,9-12H2,1H3,(H,18,19). The summed E-state index contributed by atoms with van der Waals surface area (Å²) in [4.78, 5) is 13.4. The van der Waals surface area contributed by atoms with E-state index in [-0.39, 0.29) is 12.5 Å². The first-order chi connectivity index (χ1) is 9.70. The number of ether oxygens (including phenoxy) is 1. The SMILES string of the molecule is CCCOc1ccc(C(CC(=O)O)N2CCCC2)cc1. The highest BCUT2D eigenvalue weighted by Gasteiger charge is 2.25. The average molecular weight is 277 g/mol. The van der Waals surface area contributed by atoms with E-state index >= 15 is 0 Å². The van der Waals surface area contributed by atoms with Gasteiger partial charge in [0.05, 0.1) is 13.0 Å². The Labute approximate surface area is 120 Å². The van der Waals surface area contributed by atoms with E-state index < -0.39 is 5.97 Å². The maximum absolute atomic E-state index is 11.1. The number of carboxylic acids is 1. The average Bonchev–Trinajstić information content (AvgIpc) is 2.97. The van der Waals surface area contributed by atoms with E-state index in [1.54, 1.807) is 0 Å². The van der Waals surface area contributed by atoms with Crippen LogP contribution in [0.3, 0.4) is 0 Å². The fourth-order valence-electron chi connectivity index (χ4n) is 2.68. The molecule has 1 aromatic rings. The molecule has 1 fully saturated rings. The minimum Gasteiger partial charge on any atom is -0.494 e. The molecule has 0 aromatic heterocycles. The summed E-state index contributed by atoms with van der Waals surface area (Å²) in [5, 5.41) is 9.12. The van der Waals surface area contributed by atoms with E-state index in [1.807, 2.05) is 24.3 Å². The van der Waals surface area contributed by atoms with E-state index in [9.17, 15) is 4.79 Å². The van der Waals surface area contributed by atoms with Crippen molar-refractivity contribution in [1.82, 2.24) is 4.90 Å². The summed E-state index contributed by atoms with van der Waals surface area (Å²) in [7, 11) is 0. The van der Waals surface area contributed by atoms with Crippen LogP contribution in [0.1, 0.15) is 44.2 Å². The van der Waals surface area contributed by atoms with Gasteiger partial charge in [-0.05, 0) is 50.0 Å². The fraction of sp³-hybridized carbons (Fsp3) is 0.562. The highest BCUT2D eigenvalue weighted by Crippen LogP contribution is 2.29. The van der Waals surface area contributed by atoms with Gasteiger partial charge in [-0.1, -0.05) is 19.1 Å². The highest BCUT2D eigenvalue weighted by atomic mass is 16.5. The molecule has 1 aromatic carbocycles. The molecule has 4 heteroatoms. The third-order valence-corrected chi connectivity index (χ3v) is 3.69. The van der Waals surface area contributed by atoms with E-state index in [1.165, 1.54) is 0 Å². The molecule has 1 saturated heterocycles. The van der Waals surface area contributed by atoms with E-state index in [0.29, 0.717) is 6.61 Å². The van der Waals surface area contributed by atoms with Crippen molar-refractivity contribution in [3.63, 3.8) is 0 Å². The Kier molecular flexibility index (Phi) is 5.41. The number of aliphatic carboxylic acids is 1. The van der Waals surface area contributed by atoms with Crippen LogP contribution in [0.15, 0.2) is 24.3 Å². The number of likely N-dealkylation sites (tertiary alicyclic amines) is 1. The first-order valence-corrected chi connectivity index (χ1v) is 7.39. The summed E-state index contributed by atoms with van der Waals surface area (Å²) in [5.41, 5.74) is 1.07. The molecule has 1 N–H and O–H groups in total. The lowest BCUT2D eigenvalue weighted by Crippen LogP contribution is -2.27. The molecule has 1 heterocycles. The van der Waals surface area contributed by atoms with Gasteiger partial charge in [0, 0.05) is 6.04 Å². The van der Waals surface area contributed by atoms with Gasteiger partial charge < -0.3 is 9.84 Å². The summed E-state index contributed by atoms with van der Waals surface area (Å²) < 4.78 is 5.57. The second-order valence-electron chi connectivity index (χ2n) is 5.27. The van der Waals surface area contributed by atoms with Crippen molar-refractivity contribution in [2.45, 2.75) is 38.6 Å². The Balaban J connectivity index is 2.09. The van der Waals surface area contributed by atoms with Gasteiger partial charge in [-0.3, -0.25) is 9.69 Å². The molecular formula is C16H23NO3.